The molecule has 0 saturated heterocycles. The highest BCUT2D eigenvalue weighted by Crippen LogP contribution is 2.09. The fourth-order valence-electron chi connectivity index (χ4n) is 2.29. The summed E-state index contributed by atoms with van der Waals surface area (Å²) < 4.78 is 1.09. The molecule has 1 heterocycles. The summed E-state index contributed by atoms with van der Waals surface area (Å²) in [5.74, 6) is -0.456. The molecule has 128 valence electrons. The lowest BCUT2D eigenvalue weighted by Gasteiger charge is -2.11. The molecule has 0 aliphatic heterocycles. The molecule has 2 rings (SSSR count). The van der Waals surface area contributed by atoms with E-state index >= 15 is 0 Å². The fourth-order valence-corrected chi connectivity index (χ4v) is 2.29. The number of aromatic nitrogens is 2. The Bertz CT molecular complexity index is 895. The maximum Gasteiger partial charge on any atom is 0.328 e. The van der Waals surface area contributed by atoms with Crippen molar-refractivity contribution in [2.45, 2.75) is 19.9 Å². The highest BCUT2D eigenvalue weighted by Gasteiger charge is 2.11. The van der Waals surface area contributed by atoms with E-state index in [9.17, 15) is 19.2 Å². The van der Waals surface area contributed by atoms with Crippen LogP contribution in [0.2, 0.25) is 0 Å². The molecule has 0 fully saturated rings. The number of H-pyrrole nitrogens is 1. The average molecular weight is 332 g/mol. The van der Waals surface area contributed by atoms with Crippen LogP contribution >= 0.6 is 0 Å². The van der Waals surface area contributed by atoms with Crippen LogP contribution in [0.5, 0.6) is 0 Å². The zero-order valence-corrected chi connectivity index (χ0v) is 13.9. The van der Waals surface area contributed by atoms with Crippen LogP contribution in [0.15, 0.2) is 27.8 Å². The maximum absolute atomic E-state index is 12.2. The second-order valence-corrected chi connectivity index (χ2v) is 5.53. The van der Waals surface area contributed by atoms with Gasteiger partial charge in [-0.1, -0.05) is 0 Å². The fraction of sp³-hybridized carbons (Fsp3) is 0.375. The standard InChI is InChI=1S/C16H20N4O4/c1-4-20-15(23)11-6-5-10(9-12(11)18-16(20)24)14(22)17-8-7-13(21)19(2)3/h5-6,9H,4,7-8H2,1-3H3,(H,17,22)(H,18,24). The van der Waals surface area contributed by atoms with Gasteiger partial charge < -0.3 is 15.2 Å². The summed E-state index contributed by atoms with van der Waals surface area (Å²) >= 11 is 0. The van der Waals surface area contributed by atoms with E-state index in [4.69, 9.17) is 0 Å². The minimum absolute atomic E-state index is 0.0849. The van der Waals surface area contributed by atoms with Gasteiger partial charge in [0.1, 0.15) is 0 Å². The van der Waals surface area contributed by atoms with Crippen LogP contribution < -0.4 is 16.6 Å². The van der Waals surface area contributed by atoms with Crippen molar-refractivity contribution in [3.8, 4) is 0 Å². The largest absolute Gasteiger partial charge is 0.352 e. The summed E-state index contributed by atoms with van der Waals surface area (Å²) in [7, 11) is 3.29. The molecule has 0 saturated carbocycles. The zero-order chi connectivity index (χ0) is 17.9. The predicted octanol–water partition coefficient (Wildman–Crippen LogP) is -0.0822. The highest BCUT2D eigenvalue weighted by molar-refractivity contribution is 5.97. The van der Waals surface area contributed by atoms with Crippen LogP contribution in [0.4, 0.5) is 0 Å². The van der Waals surface area contributed by atoms with E-state index in [0.717, 1.165) is 4.57 Å². The van der Waals surface area contributed by atoms with Crippen molar-refractivity contribution < 1.29 is 9.59 Å². The summed E-state index contributed by atoms with van der Waals surface area (Å²) in [6.07, 6.45) is 0.199. The molecule has 0 aliphatic rings. The lowest BCUT2D eigenvalue weighted by Crippen LogP contribution is -2.34. The first-order valence-corrected chi connectivity index (χ1v) is 7.60. The topological polar surface area (TPSA) is 104 Å². The number of nitrogens with one attached hydrogen (secondary N) is 2. The lowest BCUT2D eigenvalue weighted by molar-refractivity contribution is -0.128. The number of carbonyl (C=O) groups excluding carboxylic acids is 2. The molecule has 0 aliphatic carbocycles. The van der Waals surface area contributed by atoms with Gasteiger partial charge >= 0.3 is 5.69 Å². The molecule has 8 nitrogen and oxygen atoms in total. The Morgan fingerprint density at radius 2 is 1.96 bits per heavy atom. The third kappa shape index (κ3) is 3.53. The first-order chi connectivity index (χ1) is 11.3. The molecular formula is C16H20N4O4. The monoisotopic (exact) mass is 332 g/mol. The van der Waals surface area contributed by atoms with Gasteiger partial charge in [-0.05, 0) is 25.1 Å². The van der Waals surface area contributed by atoms with Crippen molar-refractivity contribution in [2.24, 2.45) is 0 Å². The molecule has 0 spiro atoms. The summed E-state index contributed by atoms with van der Waals surface area (Å²) in [6.45, 7) is 2.19. The Morgan fingerprint density at radius 3 is 2.58 bits per heavy atom. The number of aromatic amines is 1. The van der Waals surface area contributed by atoms with E-state index < -0.39 is 5.69 Å². The quantitative estimate of drug-likeness (QED) is 0.799. The van der Waals surface area contributed by atoms with Crippen molar-refractivity contribution in [2.75, 3.05) is 20.6 Å². The number of amides is 2. The molecular weight excluding hydrogens is 312 g/mol. The van der Waals surface area contributed by atoms with Crippen molar-refractivity contribution in [3.05, 3.63) is 44.6 Å². The lowest BCUT2D eigenvalue weighted by atomic mass is 10.1. The maximum atomic E-state index is 12.2. The first kappa shape index (κ1) is 17.5. The third-order valence-electron chi connectivity index (χ3n) is 3.68. The van der Waals surface area contributed by atoms with E-state index in [1.54, 1.807) is 21.0 Å². The van der Waals surface area contributed by atoms with E-state index in [0.29, 0.717) is 16.5 Å². The summed E-state index contributed by atoms with van der Waals surface area (Å²) in [5, 5.41) is 2.98. The SMILES string of the molecule is CCn1c(=O)[nH]c2cc(C(=O)NCCC(=O)N(C)C)ccc2c1=O. The Balaban J connectivity index is 2.22. The minimum Gasteiger partial charge on any atom is -0.352 e. The van der Waals surface area contributed by atoms with Crippen LogP contribution in [-0.2, 0) is 11.3 Å². The van der Waals surface area contributed by atoms with Gasteiger partial charge in [0.05, 0.1) is 10.9 Å². The van der Waals surface area contributed by atoms with Crippen molar-refractivity contribution in [1.82, 2.24) is 19.8 Å². The molecule has 1 aromatic heterocycles. The normalized spacial score (nSPS) is 10.6. The molecule has 2 aromatic rings. The Hall–Kier alpha value is -2.90. The second kappa shape index (κ2) is 7.12. The van der Waals surface area contributed by atoms with E-state index in [-0.39, 0.29) is 36.9 Å². The number of hydrogen-bond donors (Lipinski definition) is 2. The van der Waals surface area contributed by atoms with Crippen LogP contribution in [-0.4, -0.2) is 46.9 Å². The van der Waals surface area contributed by atoms with Crippen molar-refractivity contribution in [1.29, 1.82) is 0 Å². The van der Waals surface area contributed by atoms with Gasteiger partial charge in [-0.25, -0.2) is 4.79 Å². The number of rotatable bonds is 5. The second-order valence-electron chi connectivity index (χ2n) is 5.53. The number of fused-ring (bicyclic) bond motifs is 1. The molecule has 24 heavy (non-hydrogen) atoms. The molecule has 0 bridgehead atoms. The van der Waals surface area contributed by atoms with Gasteiger partial charge in [0, 0.05) is 39.2 Å². The van der Waals surface area contributed by atoms with E-state index in [1.807, 2.05) is 0 Å². The molecule has 0 radical (unpaired) electrons. The van der Waals surface area contributed by atoms with Crippen LogP contribution in [0.1, 0.15) is 23.7 Å². The molecule has 2 amide bonds. The highest BCUT2D eigenvalue weighted by atomic mass is 16.2. The average Bonchev–Trinajstić information content (AvgIpc) is 2.54. The van der Waals surface area contributed by atoms with Crippen molar-refractivity contribution >= 4 is 22.7 Å². The van der Waals surface area contributed by atoms with E-state index in [1.165, 1.54) is 23.1 Å². The smallest absolute Gasteiger partial charge is 0.328 e. The number of carbonyl (C=O) groups is 2. The zero-order valence-electron chi connectivity index (χ0n) is 13.9. The van der Waals surface area contributed by atoms with Gasteiger partial charge in [-0.2, -0.15) is 0 Å². The first-order valence-electron chi connectivity index (χ1n) is 7.60. The molecule has 0 atom stereocenters. The Morgan fingerprint density at radius 1 is 1.25 bits per heavy atom. The number of benzene rings is 1. The molecule has 0 unspecified atom stereocenters. The van der Waals surface area contributed by atoms with Gasteiger partial charge in [0.2, 0.25) is 5.91 Å². The predicted molar refractivity (Wildman–Crippen MR) is 90.1 cm³/mol. The Kier molecular flexibility index (Phi) is 5.18. The van der Waals surface area contributed by atoms with Crippen LogP contribution in [0, 0.1) is 0 Å². The van der Waals surface area contributed by atoms with Gasteiger partial charge in [-0.15, -0.1) is 0 Å². The Labute approximate surface area is 138 Å². The number of hydrogen-bond acceptors (Lipinski definition) is 4. The van der Waals surface area contributed by atoms with Crippen molar-refractivity contribution in [3.63, 3.8) is 0 Å². The minimum atomic E-state index is -0.510. The summed E-state index contributed by atoms with van der Waals surface area (Å²) in [5.41, 5.74) is -0.278. The van der Waals surface area contributed by atoms with Gasteiger partial charge in [-0.3, -0.25) is 19.0 Å². The molecule has 8 heteroatoms. The van der Waals surface area contributed by atoms with Gasteiger partial charge in [0.15, 0.2) is 0 Å². The summed E-state index contributed by atoms with van der Waals surface area (Å²) in [6, 6.07) is 4.49. The third-order valence-corrected chi connectivity index (χ3v) is 3.68. The molecule has 1 aromatic carbocycles. The van der Waals surface area contributed by atoms with E-state index in [2.05, 4.69) is 10.3 Å². The summed E-state index contributed by atoms with van der Waals surface area (Å²) in [4.78, 5) is 51.7. The number of nitrogens with zero attached hydrogens (tertiary/aromatic N) is 2. The molecule has 2 N–H and O–H groups in total. The van der Waals surface area contributed by atoms with Gasteiger partial charge in [0.25, 0.3) is 11.5 Å². The van der Waals surface area contributed by atoms with Crippen LogP contribution in [0.3, 0.4) is 0 Å². The van der Waals surface area contributed by atoms with Crippen LogP contribution in [0.25, 0.3) is 10.9 Å².